The van der Waals surface area contributed by atoms with E-state index in [0.29, 0.717) is 42.8 Å². The zero-order chi connectivity index (χ0) is 33.3. The third kappa shape index (κ3) is 5.87. The lowest BCUT2D eigenvalue weighted by Crippen LogP contribution is -2.42. The molecule has 3 saturated heterocycles. The smallest absolute Gasteiger partial charge is 0.253 e. The SMILES string of the molecule is C=C(CN[C@H](C)CC1(c2nn[nH]n2)c2ccc(C(=O)N3CCCC3)cc2CCc2cc(C(=O)N3CCCC3)ccc21)N1CCCC1C#N. The second-order valence-corrected chi connectivity index (χ2v) is 13.9. The minimum atomic E-state index is -0.810. The molecular formula is C37H45N9O2. The first-order chi connectivity index (χ1) is 23.4. The van der Waals surface area contributed by atoms with Crippen LogP contribution in [-0.4, -0.2) is 98.5 Å². The van der Waals surface area contributed by atoms with Gasteiger partial charge in [0.25, 0.3) is 11.8 Å². The van der Waals surface area contributed by atoms with Gasteiger partial charge in [-0.05, 0) is 111 Å². The number of nitrogens with one attached hydrogen (secondary N) is 2. The van der Waals surface area contributed by atoms with Crippen molar-refractivity contribution in [1.82, 2.24) is 40.6 Å². The highest BCUT2D eigenvalue weighted by Gasteiger charge is 2.46. The molecule has 11 nitrogen and oxygen atoms in total. The molecule has 2 aromatic carbocycles. The van der Waals surface area contributed by atoms with E-state index in [4.69, 9.17) is 0 Å². The molecule has 2 N–H and O–H groups in total. The Morgan fingerprint density at radius 1 is 0.958 bits per heavy atom. The summed E-state index contributed by atoms with van der Waals surface area (Å²) in [5.41, 5.74) is 5.78. The predicted octanol–water partition coefficient (Wildman–Crippen LogP) is 3.97. The van der Waals surface area contributed by atoms with Crippen LogP contribution in [0.1, 0.15) is 101 Å². The third-order valence-electron chi connectivity index (χ3n) is 10.9. The maximum Gasteiger partial charge on any atom is 0.253 e. The lowest BCUT2D eigenvalue weighted by molar-refractivity contribution is 0.0785. The van der Waals surface area contributed by atoms with E-state index in [-0.39, 0.29) is 23.9 Å². The number of nitrogens with zero attached hydrogens (tertiary/aromatic N) is 7. The Kier molecular flexibility index (Phi) is 9.01. The van der Waals surface area contributed by atoms with E-state index in [9.17, 15) is 14.9 Å². The van der Waals surface area contributed by atoms with Crippen LogP contribution in [0.3, 0.4) is 0 Å². The molecule has 3 aromatic rings. The molecule has 2 atom stereocenters. The van der Waals surface area contributed by atoms with Crippen LogP contribution in [0, 0.1) is 11.3 Å². The first-order valence-electron chi connectivity index (χ1n) is 17.6. The molecule has 11 heteroatoms. The van der Waals surface area contributed by atoms with Crippen LogP contribution in [0.25, 0.3) is 0 Å². The number of hydrogen-bond acceptors (Lipinski definition) is 8. The molecule has 2 amide bonds. The summed E-state index contributed by atoms with van der Waals surface area (Å²) in [6.45, 7) is 11.1. The normalized spacial score (nSPS) is 20.6. The Bertz CT molecular complexity index is 1640. The number of rotatable bonds is 9. The van der Waals surface area contributed by atoms with Crippen molar-refractivity contribution in [2.24, 2.45) is 0 Å². The fourth-order valence-corrected chi connectivity index (χ4v) is 8.42. The van der Waals surface area contributed by atoms with Crippen LogP contribution in [0.2, 0.25) is 0 Å². The highest BCUT2D eigenvalue weighted by atomic mass is 16.2. The molecule has 1 unspecified atom stereocenters. The summed E-state index contributed by atoms with van der Waals surface area (Å²) >= 11 is 0. The fraction of sp³-hybridized carbons (Fsp3) is 0.514. The van der Waals surface area contributed by atoms with Crippen molar-refractivity contribution in [2.75, 3.05) is 39.3 Å². The second kappa shape index (κ2) is 13.5. The monoisotopic (exact) mass is 647 g/mol. The average Bonchev–Trinajstić information content (AvgIpc) is 3.95. The molecule has 0 spiro atoms. The molecule has 3 aliphatic heterocycles. The molecule has 0 radical (unpaired) electrons. The van der Waals surface area contributed by atoms with Crippen molar-refractivity contribution < 1.29 is 9.59 Å². The van der Waals surface area contributed by atoms with Crippen LogP contribution >= 0.6 is 0 Å². The van der Waals surface area contributed by atoms with E-state index in [1.54, 1.807) is 0 Å². The highest BCUT2D eigenvalue weighted by molar-refractivity contribution is 5.95. The Hall–Kier alpha value is -4.56. The number of nitriles is 1. The summed E-state index contributed by atoms with van der Waals surface area (Å²) in [5.74, 6) is 0.708. The van der Waals surface area contributed by atoms with E-state index >= 15 is 0 Å². The number of hydrogen-bond donors (Lipinski definition) is 2. The number of aryl methyl sites for hydroxylation is 2. The van der Waals surface area contributed by atoms with Gasteiger partial charge in [0.05, 0.1) is 11.5 Å². The minimum Gasteiger partial charge on any atom is -0.358 e. The first kappa shape index (κ1) is 32.0. The lowest BCUT2D eigenvalue weighted by atomic mass is 9.67. The van der Waals surface area contributed by atoms with Crippen LogP contribution < -0.4 is 5.32 Å². The number of carbonyl (C=O) groups excluding carboxylic acids is 2. The Labute approximate surface area is 282 Å². The number of benzene rings is 2. The maximum absolute atomic E-state index is 13.6. The number of amides is 2. The van der Waals surface area contributed by atoms with Gasteiger partial charge >= 0.3 is 0 Å². The standard InChI is InChI=1S/C37H45N9O2/c1-25(39-24-26(2)46-19-7-8-31(46)23-38)22-37(36-40-42-43-41-36)32-13-11-29(34(47)44-15-3-4-16-44)20-27(32)9-10-28-21-30(12-14-33(28)37)35(48)45-17-5-6-18-45/h11-14,20-21,25,31,39H,2-10,15-19,22,24H2,1H3,(H,40,41,42,43)/t25-,31?/m1/s1. The van der Waals surface area contributed by atoms with Gasteiger partial charge in [0, 0.05) is 62.1 Å². The zero-order valence-electron chi connectivity index (χ0n) is 27.9. The van der Waals surface area contributed by atoms with Crippen LogP contribution in [0.5, 0.6) is 0 Å². The lowest BCUT2D eigenvalue weighted by Gasteiger charge is -2.37. The second-order valence-electron chi connectivity index (χ2n) is 13.9. The van der Waals surface area contributed by atoms with E-state index in [1.165, 1.54) is 0 Å². The van der Waals surface area contributed by atoms with E-state index < -0.39 is 5.41 Å². The number of likely N-dealkylation sites (tertiary alicyclic amines) is 3. The number of aromatic nitrogens is 4. The number of H-pyrrole nitrogens is 1. The summed E-state index contributed by atoms with van der Waals surface area (Å²) in [6.07, 6.45) is 8.04. The summed E-state index contributed by atoms with van der Waals surface area (Å²) in [4.78, 5) is 33.1. The number of fused-ring (bicyclic) bond motifs is 2. The quantitative estimate of drug-likeness (QED) is 0.357. The molecule has 1 aliphatic carbocycles. The molecule has 0 saturated carbocycles. The van der Waals surface area contributed by atoms with Gasteiger partial charge in [-0.2, -0.15) is 10.5 Å². The molecule has 3 fully saturated rings. The van der Waals surface area contributed by atoms with Gasteiger partial charge in [0.15, 0.2) is 5.82 Å². The molecule has 7 rings (SSSR count). The van der Waals surface area contributed by atoms with Gasteiger partial charge in [-0.3, -0.25) is 9.59 Å². The van der Waals surface area contributed by atoms with Crippen molar-refractivity contribution in [3.05, 3.63) is 87.9 Å². The fourth-order valence-electron chi connectivity index (χ4n) is 8.42. The Balaban J connectivity index is 1.29. The van der Waals surface area contributed by atoms with Crippen molar-refractivity contribution in [3.8, 4) is 6.07 Å². The van der Waals surface area contributed by atoms with Gasteiger partial charge in [0.1, 0.15) is 6.04 Å². The van der Waals surface area contributed by atoms with Crippen LogP contribution in [-0.2, 0) is 18.3 Å². The average molecular weight is 648 g/mol. The zero-order valence-corrected chi connectivity index (χ0v) is 27.9. The molecule has 0 bridgehead atoms. The van der Waals surface area contributed by atoms with Crippen molar-refractivity contribution in [2.45, 2.75) is 82.2 Å². The van der Waals surface area contributed by atoms with Crippen LogP contribution in [0.15, 0.2) is 48.7 Å². The van der Waals surface area contributed by atoms with Gasteiger partial charge in [-0.25, -0.2) is 0 Å². The van der Waals surface area contributed by atoms with Crippen molar-refractivity contribution in [1.29, 1.82) is 5.26 Å². The largest absolute Gasteiger partial charge is 0.358 e. The molecule has 4 aliphatic rings. The molecule has 250 valence electrons. The Morgan fingerprint density at radius 3 is 2.06 bits per heavy atom. The maximum atomic E-state index is 13.6. The van der Waals surface area contributed by atoms with E-state index in [0.717, 1.165) is 99.2 Å². The van der Waals surface area contributed by atoms with E-state index in [1.807, 2.05) is 21.9 Å². The molecule has 48 heavy (non-hydrogen) atoms. The summed E-state index contributed by atoms with van der Waals surface area (Å²) < 4.78 is 0. The number of aromatic amines is 1. The highest BCUT2D eigenvalue weighted by Crippen LogP contribution is 2.47. The van der Waals surface area contributed by atoms with Gasteiger partial charge < -0.3 is 20.0 Å². The summed E-state index contributed by atoms with van der Waals surface area (Å²) in [7, 11) is 0. The molecular weight excluding hydrogens is 602 g/mol. The minimum absolute atomic E-state index is 0.0287. The van der Waals surface area contributed by atoms with E-state index in [2.05, 4.69) is 74.7 Å². The topological polar surface area (TPSA) is 134 Å². The van der Waals surface area contributed by atoms with Crippen molar-refractivity contribution >= 4 is 11.8 Å². The summed E-state index contributed by atoms with van der Waals surface area (Å²) in [5, 5.41) is 29.4. The van der Waals surface area contributed by atoms with Crippen LogP contribution in [0.4, 0.5) is 0 Å². The number of tetrazole rings is 1. The molecule has 1 aromatic heterocycles. The first-order valence-corrected chi connectivity index (χ1v) is 17.6. The predicted molar refractivity (Wildman–Crippen MR) is 181 cm³/mol. The summed E-state index contributed by atoms with van der Waals surface area (Å²) in [6, 6.07) is 14.5. The Morgan fingerprint density at radius 2 is 1.54 bits per heavy atom. The van der Waals surface area contributed by atoms with Gasteiger partial charge in [0.2, 0.25) is 0 Å². The number of carbonyl (C=O) groups is 2. The van der Waals surface area contributed by atoms with Gasteiger partial charge in [-0.15, -0.1) is 10.2 Å². The molecule has 4 heterocycles. The third-order valence-corrected chi connectivity index (χ3v) is 10.9. The van der Waals surface area contributed by atoms with Crippen molar-refractivity contribution in [3.63, 3.8) is 0 Å². The van der Waals surface area contributed by atoms with Gasteiger partial charge in [-0.1, -0.05) is 23.9 Å².